The van der Waals surface area contributed by atoms with Crippen molar-refractivity contribution in [3.05, 3.63) is 0 Å². The minimum atomic E-state index is 0. The molecule has 44 valence electrons. The minimum Gasteiger partial charge on any atom is -0.349 e. The second-order valence-electron chi connectivity index (χ2n) is 1.18. The van der Waals surface area contributed by atoms with Crippen LogP contribution in [0, 0.1) is 0 Å². The van der Waals surface area contributed by atoms with Gasteiger partial charge in [0.25, 0.3) is 0 Å². The van der Waals surface area contributed by atoms with Gasteiger partial charge in [0.1, 0.15) is 0 Å². The third-order valence-corrected chi connectivity index (χ3v) is 0.679. The second-order valence-corrected chi connectivity index (χ2v) is 1.18. The molecule has 0 spiro atoms. The summed E-state index contributed by atoms with van der Waals surface area (Å²) in [5, 5.41) is 0. The van der Waals surface area contributed by atoms with Crippen LogP contribution >= 0.6 is 12.4 Å². The maximum Gasteiger partial charge on any atom is 0.209 e. The van der Waals surface area contributed by atoms with E-state index in [1.54, 1.807) is 11.9 Å². The summed E-state index contributed by atoms with van der Waals surface area (Å²) in [6, 6.07) is 0. The molecular formula is C4H10ClNO. The fraction of sp³-hybridized carbons (Fsp3) is 0.750. The van der Waals surface area contributed by atoms with Gasteiger partial charge in [-0.3, -0.25) is 4.79 Å². The van der Waals surface area contributed by atoms with Crippen molar-refractivity contribution in [2.24, 2.45) is 0 Å². The predicted octanol–water partition coefficient (Wildman–Crippen LogP) is 0.516. The molecular weight excluding hydrogens is 114 g/mol. The van der Waals surface area contributed by atoms with Gasteiger partial charge in [-0.1, -0.05) is 0 Å². The summed E-state index contributed by atoms with van der Waals surface area (Å²) < 4.78 is 0. The number of amides is 1. The molecule has 0 aromatic carbocycles. The molecule has 0 N–H and O–H groups in total. The normalized spacial score (nSPS) is 6.57. The molecule has 0 saturated carbocycles. The molecule has 0 aromatic rings. The van der Waals surface area contributed by atoms with E-state index in [4.69, 9.17) is 0 Å². The summed E-state index contributed by atoms with van der Waals surface area (Å²) in [4.78, 5) is 11.2. The van der Waals surface area contributed by atoms with Gasteiger partial charge in [0.15, 0.2) is 0 Å². The number of hydrogen-bond acceptors (Lipinski definition) is 1. The Bertz CT molecular complexity index is 49.0. The van der Waals surface area contributed by atoms with Crippen molar-refractivity contribution < 1.29 is 4.79 Å². The van der Waals surface area contributed by atoms with Crippen molar-refractivity contribution in [1.29, 1.82) is 0 Å². The number of hydrogen-bond donors (Lipinski definition) is 0. The third kappa shape index (κ3) is 5.76. The van der Waals surface area contributed by atoms with Crippen molar-refractivity contribution >= 4 is 18.8 Å². The molecule has 0 radical (unpaired) electrons. The standard InChI is InChI=1S/C4H9NO.ClH/c1-3-5(2)4-6;/h4H,3H2,1-2H3;1H. The van der Waals surface area contributed by atoms with E-state index in [1.807, 2.05) is 6.92 Å². The van der Waals surface area contributed by atoms with Gasteiger partial charge in [0.05, 0.1) is 0 Å². The Morgan fingerprint density at radius 1 is 1.71 bits per heavy atom. The van der Waals surface area contributed by atoms with Crippen LogP contribution in [0.25, 0.3) is 0 Å². The van der Waals surface area contributed by atoms with Crippen LogP contribution in [0.1, 0.15) is 6.92 Å². The summed E-state index contributed by atoms with van der Waals surface area (Å²) >= 11 is 0. The fourth-order valence-corrected chi connectivity index (χ4v) is 0.0745. The summed E-state index contributed by atoms with van der Waals surface area (Å²) in [6.07, 6.45) is 0.806. The lowest BCUT2D eigenvalue weighted by Gasteiger charge is -2.01. The van der Waals surface area contributed by atoms with Gasteiger partial charge in [-0.2, -0.15) is 0 Å². The zero-order chi connectivity index (χ0) is 4.99. The van der Waals surface area contributed by atoms with E-state index in [9.17, 15) is 4.79 Å². The van der Waals surface area contributed by atoms with Gasteiger partial charge in [0, 0.05) is 13.6 Å². The zero-order valence-electron chi connectivity index (χ0n) is 4.55. The van der Waals surface area contributed by atoms with E-state index in [0.29, 0.717) is 0 Å². The SMILES string of the molecule is CCN(C)C=O.Cl. The van der Waals surface area contributed by atoms with Crippen LogP contribution in [0.5, 0.6) is 0 Å². The topological polar surface area (TPSA) is 20.3 Å². The number of rotatable bonds is 2. The van der Waals surface area contributed by atoms with Crippen molar-refractivity contribution in [3.63, 3.8) is 0 Å². The van der Waals surface area contributed by atoms with Crippen LogP contribution in [0.4, 0.5) is 0 Å². The monoisotopic (exact) mass is 123 g/mol. The zero-order valence-corrected chi connectivity index (χ0v) is 5.36. The molecule has 7 heavy (non-hydrogen) atoms. The molecule has 0 saturated heterocycles. The fourth-order valence-electron chi connectivity index (χ4n) is 0.0745. The first-order chi connectivity index (χ1) is 2.81. The largest absolute Gasteiger partial charge is 0.349 e. The molecule has 1 amide bonds. The van der Waals surface area contributed by atoms with E-state index < -0.39 is 0 Å². The van der Waals surface area contributed by atoms with Crippen LogP contribution in [0.2, 0.25) is 0 Å². The second kappa shape index (κ2) is 5.76. The molecule has 0 aliphatic rings. The highest BCUT2D eigenvalue weighted by atomic mass is 35.5. The molecule has 0 unspecified atom stereocenters. The third-order valence-electron chi connectivity index (χ3n) is 0.679. The maximum atomic E-state index is 9.66. The van der Waals surface area contributed by atoms with Crippen molar-refractivity contribution in [3.8, 4) is 0 Å². The Morgan fingerprint density at radius 2 is 2.14 bits per heavy atom. The first-order valence-electron chi connectivity index (χ1n) is 1.96. The van der Waals surface area contributed by atoms with Gasteiger partial charge in [0.2, 0.25) is 6.41 Å². The molecule has 0 aliphatic heterocycles. The number of carbonyl (C=O) groups is 1. The molecule has 3 heteroatoms. The van der Waals surface area contributed by atoms with E-state index in [-0.39, 0.29) is 12.4 Å². The lowest BCUT2D eigenvalue weighted by molar-refractivity contribution is -0.116. The van der Waals surface area contributed by atoms with Crippen LogP contribution < -0.4 is 0 Å². The van der Waals surface area contributed by atoms with Crippen LogP contribution in [0.3, 0.4) is 0 Å². The molecule has 0 fully saturated rings. The predicted molar refractivity (Wildman–Crippen MR) is 31.6 cm³/mol. The smallest absolute Gasteiger partial charge is 0.209 e. The number of halogens is 1. The molecule has 0 rings (SSSR count). The van der Waals surface area contributed by atoms with Crippen molar-refractivity contribution in [2.45, 2.75) is 6.92 Å². The van der Waals surface area contributed by atoms with Gasteiger partial charge < -0.3 is 4.90 Å². The highest BCUT2D eigenvalue weighted by molar-refractivity contribution is 5.85. The average Bonchev–Trinajstić information content (AvgIpc) is 1.65. The first-order valence-corrected chi connectivity index (χ1v) is 1.96. The molecule has 2 nitrogen and oxygen atoms in total. The highest BCUT2D eigenvalue weighted by Gasteiger charge is 1.79. The van der Waals surface area contributed by atoms with Crippen molar-refractivity contribution in [2.75, 3.05) is 13.6 Å². The first kappa shape index (κ1) is 9.90. The molecule has 0 heterocycles. The molecule has 0 aliphatic carbocycles. The van der Waals surface area contributed by atoms with Crippen LogP contribution in [0.15, 0.2) is 0 Å². The van der Waals surface area contributed by atoms with E-state index in [0.717, 1.165) is 13.0 Å². The Labute approximate surface area is 49.9 Å². The van der Waals surface area contributed by atoms with E-state index in [1.165, 1.54) is 0 Å². The maximum absolute atomic E-state index is 9.66. The average molecular weight is 124 g/mol. The van der Waals surface area contributed by atoms with Gasteiger partial charge in [-0.15, -0.1) is 12.4 Å². The Balaban J connectivity index is 0. The summed E-state index contributed by atoms with van der Waals surface area (Å²) in [6.45, 7) is 2.72. The molecule has 0 aromatic heterocycles. The Kier molecular flexibility index (Phi) is 8.15. The van der Waals surface area contributed by atoms with E-state index >= 15 is 0 Å². The van der Waals surface area contributed by atoms with E-state index in [2.05, 4.69) is 0 Å². The summed E-state index contributed by atoms with van der Waals surface area (Å²) in [5.74, 6) is 0. The van der Waals surface area contributed by atoms with Gasteiger partial charge in [-0.25, -0.2) is 0 Å². The van der Waals surface area contributed by atoms with Crippen LogP contribution in [-0.2, 0) is 4.79 Å². The lowest BCUT2D eigenvalue weighted by Crippen LogP contribution is -2.13. The van der Waals surface area contributed by atoms with Gasteiger partial charge >= 0.3 is 0 Å². The quantitative estimate of drug-likeness (QED) is 0.490. The van der Waals surface area contributed by atoms with Crippen molar-refractivity contribution in [1.82, 2.24) is 4.90 Å². The highest BCUT2D eigenvalue weighted by Crippen LogP contribution is 1.66. The summed E-state index contributed by atoms with van der Waals surface area (Å²) in [7, 11) is 1.74. The van der Waals surface area contributed by atoms with Gasteiger partial charge in [-0.05, 0) is 6.92 Å². The molecule has 0 bridgehead atoms. The lowest BCUT2D eigenvalue weighted by atomic mass is 10.7. The number of nitrogens with zero attached hydrogens (tertiary/aromatic N) is 1. The molecule has 0 atom stereocenters. The Hall–Kier alpha value is -0.240. The number of carbonyl (C=O) groups excluding carboxylic acids is 1. The van der Waals surface area contributed by atoms with Crippen LogP contribution in [-0.4, -0.2) is 24.9 Å². The minimum absolute atomic E-state index is 0. The Morgan fingerprint density at radius 3 is 2.14 bits per heavy atom. The summed E-state index contributed by atoms with van der Waals surface area (Å²) in [5.41, 5.74) is 0.